The van der Waals surface area contributed by atoms with E-state index in [1.54, 1.807) is 23.5 Å². The van der Waals surface area contributed by atoms with Crippen molar-refractivity contribution in [1.29, 1.82) is 0 Å². The number of benzene rings is 1. The predicted octanol–water partition coefficient (Wildman–Crippen LogP) is 3.29. The molecule has 0 spiro atoms. The standard InChI is InChI=1S/C20H26N2O4S2/c1-26-18-9-8-16(20(23)21-11-10-17-7-6-14-27-17)15-19(18)28(24,25)22-12-4-2-3-5-13-22/h6-9,14-15H,2-5,10-13H2,1H3,(H,21,23). The van der Waals surface area contributed by atoms with Gasteiger partial charge in [0.2, 0.25) is 10.0 Å². The number of methoxy groups -OCH3 is 1. The zero-order valence-corrected chi connectivity index (χ0v) is 17.7. The van der Waals surface area contributed by atoms with Crippen LogP contribution in [0.4, 0.5) is 0 Å². The fraction of sp³-hybridized carbons (Fsp3) is 0.450. The number of carbonyl (C=O) groups is 1. The predicted molar refractivity (Wildman–Crippen MR) is 111 cm³/mol. The van der Waals surface area contributed by atoms with E-state index in [1.807, 2.05) is 17.5 Å². The highest BCUT2D eigenvalue weighted by Gasteiger charge is 2.29. The molecule has 1 aromatic carbocycles. The van der Waals surface area contributed by atoms with Crippen LogP contribution in [0.25, 0.3) is 0 Å². The lowest BCUT2D eigenvalue weighted by Crippen LogP contribution is -2.32. The molecule has 0 bridgehead atoms. The van der Waals surface area contributed by atoms with Crippen LogP contribution in [0.1, 0.15) is 40.9 Å². The molecule has 28 heavy (non-hydrogen) atoms. The van der Waals surface area contributed by atoms with Crippen LogP contribution in [-0.4, -0.2) is 45.4 Å². The molecule has 1 fully saturated rings. The molecule has 1 aliphatic rings. The van der Waals surface area contributed by atoms with Crippen molar-refractivity contribution in [2.45, 2.75) is 37.0 Å². The lowest BCUT2D eigenvalue weighted by atomic mass is 10.2. The lowest BCUT2D eigenvalue weighted by Gasteiger charge is -2.21. The number of ether oxygens (including phenoxy) is 1. The van der Waals surface area contributed by atoms with Gasteiger partial charge in [0.15, 0.2) is 0 Å². The van der Waals surface area contributed by atoms with E-state index in [0.717, 1.165) is 32.1 Å². The average molecular weight is 423 g/mol. The topological polar surface area (TPSA) is 75.7 Å². The van der Waals surface area contributed by atoms with E-state index in [0.29, 0.717) is 25.2 Å². The smallest absolute Gasteiger partial charge is 0.251 e. The van der Waals surface area contributed by atoms with Gasteiger partial charge in [0.1, 0.15) is 10.6 Å². The second kappa shape index (κ2) is 9.54. The van der Waals surface area contributed by atoms with E-state index in [1.165, 1.54) is 22.4 Å². The van der Waals surface area contributed by atoms with Gasteiger partial charge in [-0.2, -0.15) is 4.31 Å². The summed E-state index contributed by atoms with van der Waals surface area (Å²) >= 11 is 1.65. The Balaban J connectivity index is 1.77. The zero-order chi connectivity index (χ0) is 20.0. The molecule has 0 unspecified atom stereocenters. The van der Waals surface area contributed by atoms with Crippen molar-refractivity contribution in [1.82, 2.24) is 9.62 Å². The summed E-state index contributed by atoms with van der Waals surface area (Å²) in [5.74, 6) is -0.0223. The van der Waals surface area contributed by atoms with E-state index < -0.39 is 10.0 Å². The second-order valence-corrected chi connectivity index (χ2v) is 9.71. The maximum Gasteiger partial charge on any atom is 0.251 e. The van der Waals surface area contributed by atoms with Gasteiger partial charge >= 0.3 is 0 Å². The molecule has 8 heteroatoms. The number of hydrogen-bond acceptors (Lipinski definition) is 5. The summed E-state index contributed by atoms with van der Waals surface area (Å²) < 4.78 is 33.2. The summed E-state index contributed by atoms with van der Waals surface area (Å²) in [7, 11) is -2.27. The third-order valence-electron chi connectivity index (χ3n) is 4.85. The van der Waals surface area contributed by atoms with Gasteiger partial charge in [-0.3, -0.25) is 4.79 Å². The van der Waals surface area contributed by atoms with E-state index in [9.17, 15) is 13.2 Å². The molecule has 3 rings (SSSR count). The molecule has 1 saturated heterocycles. The van der Waals surface area contributed by atoms with Crippen LogP contribution in [0.3, 0.4) is 0 Å². The van der Waals surface area contributed by atoms with Gasteiger partial charge in [-0.1, -0.05) is 18.9 Å². The molecular weight excluding hydrogens is 396 g/mol. The molecule has 1 aliphatic heterocycles. The first kappa shape index (κ1) is 20.8. The first-order valence-corrected chi connectivity index (χ1v) is 11.8. The first-order valence-electron chi connectivity index (χ1n) is 9.51. The van der Waals surface area contributed by atoms with Crippen LogP contribution < -0.4 is 10.1 Å². The molecule has 1 amide bonds. The third kappa shape index (κ3) is 4.92. The van der Waals surface area contributed by atoms with Crippen LogP contribution in [0.15, 0.2) is 40.6 Å². The molecule has 2 heterocycles. The molecule has 2 aromatic rings. The number of rotatable bonds is 7. The Hall–Kier alpha value is -1.90. The Kier molecular flexibility index (Phi) is 7.09. The fourth-order valence-electron chi connectivity index (χ4n) is 3.30. The van der Waals surface area contributed by atoms with Crippen molar-refractivity contribution in [3.63, 3.8) is 0 Å². The molecule has 1 N–H and O–H groups in total. The van der Waals surface area contributed by atoms with Gasteiger partial charge in [0.25, 0.3) is 5.91 Å². The third-order valence-corrected chi connectivity index (χ3v) is 7.70. The summed E-state index contributed by atoms with van der Waals surface area (Å²) in [5.41, 5.74) is 0.320. The Morgan fingerprint density at radius 2 is 1.93 bits per heavy atom. The van der Waals surface area contributed by atoms with Crippen LogP contribution in [0.2, 0.25) is 0 Å². The quantitative estimate of drug-likeness (QED) is 0.743. The lowest BCUT2D eigenvalue weighted by molar-refractivity contribution is 0.0954. The van der Waals surface area contributed by atoms with Gasteiger partial charge in [0.05, 0.1) is 7.11 Å². The number of amides is 1. The molecular formula is C20H26N2O4S2. The molecule has 152 valence electrons. The Morgan fingerprint density at radius 3 is 2.57 bits per heavy atom. The first-order chi connectivity index (χ1) is 13.5. The summed E-state index contributed by atoms with van der Waals surface area (Å²) in [5, 5.41) is 4.86. The highest BCUT2D eigenvalue weighted by molar-refractivity contribution is 7.89. The van der Waals surface area contributed by atoms with E-state index in [-0.39, 0.29) is 16.6 Å². The Bertz CT molecular complexity index is 887. The van der Waals surface area contributed by atoms with E-state index in [4.69, 9.17) is 4.74 Å². The minimum absolute atomic E-state index is 0.0582. The molecule has 0 atom stereocenters. The second-order valence-electron chi connectivity index (χ2n) is 6.77. The van der Waals surface area contributed by atoms with Crippen LogP contribution in [0, 0.1) is 0 Å². The minimum atomic E-state index is -3.71. The molecule has 0 aliphatic carbocycles. The molecule has 0 radical (unpaired) electrons. The Labute approximate surface area is 170 Å². The van der Waals surface area contributed by atoms with Gasteiger partial charge in [-0.15, -0.1) is 11.3 Å². The van der Waals surface area contributed by atoms with Crippen LogP contribution in [0.5, 0.6) is 5.75 Å². The highest BCUT2D eigenvalue weighted by atomic mass is 32.2. The summed E-state index contributed by atoms with van der Waals surface area (Å²) in [6.45, 7) is 1.50. The number of nitrogens with zero attached hydrogens (tertiary/aromatic N) is 1. The van der Waals surface area contributed by atoms with Crippen molar-refractivity contribution in [3.05, 3.63) is 46.2 Å². The monoisotopic (exact) mass is 422 g/mol. The van der Waals surface area contributed by atoms with Crippen molar-refractivity contribution in [2.24, 2.45) is 0 Å². The van der Waals surface area contributed by atoms with Crippen molar-refractivity contribution < 1.29 is 17.9 Å². The number of carbonyl (C=O) groups excluding carboxylic acids is 1. The SMILES string of the molecule is COc1ccc(C(=O)NCCc2cccs2)cc1S(=O)(=O)N1CCCCCC1. The van der Waals surface area contributed by atoms with Gasteiger partial charge < -0.3 is 10.1 Å². The largest absolute Gasteiger partial charge is 0.495 e. The van der Waals surface area contributed by atoms with Crippen molar-refractivity contribution in [2.75, 3.05) is 26.7 Å². The summed E-state index contributed by atoms with van der Waals surface area (Å²) in [4.78, 5) is 13.8. The van der Waals surface area contributed by atoms with Crippen molar-refractivity contribution >= 4 is 27.3 Å². The Morgan fingerprint density at radius 1 is 1.18 bits per heavy atom. The highest BCUT2D eigenvalue weighted by Crippen LogP contribution is 2.29. The van der Waals surface area contributed by atoms with Gasteiger partial charge in [-0.25, -0.2) is 8.42 Å². The van der Waals surface area contributed by atoms with E-state index >= 15 is 0 Å². The van der Waals surface area contributed by atoms with Crippen LogP contribution in [-0.2, 0) is 16.4 Å². The number of sulfonamides is 1. The maximum absolute atomic E-state index is 13.2. The average Bonchev–Trinajstić information content (AvgIpc) is 3.06. The molecule has 0 saturated carbocycles. The number of thiophene rings is 1. The molecule has 1 aromatic heterocycles. The van der Waals surface area contributed by atoms with Gasteiger partial charge in [-0.05, 0) is 48.9 Å². The number of nitrogens with one attached hydrogen (secondary N) is 1. The minimum Gasteiger partial charge on any atom is -0.495 e. The zero-order valence-electron chi connectivity index (χ0n) is 16.0. The number of hydrogen-bond donors (Lipinski definition) is 1. The summed E-state index contributed by atoms with van der Waals surface area (Å²) in [6.07, 6.45) is 4.53. The fourth-order valence-corrected chi connectivity index (χ4v) is 5.70. The van der Waals surface area contributed by atoms with Crippen LogP contribution >= 0.6 is 11.3 Å². The molecule has 6 nitrogen and oxygen atoms in total. The normalized spacial score (nSPS) is 15.8. The van der Waals surface area contributed by atoms with Crippen molar-refractivity contribution in [3.8, 4) is 5.75 Å². The van der Waals surface area contributed by atoms with E-state index in [2.05, 4.69) is 5.32 Å². The van der Waals surface area contributed by atoms with Gasteiger partial charge in [0, 0.05) is 30.1 Å². The summed E-state index contributed by atoms with van der Waals surface area (Å²) in [6, 6.07) is 8.58. The maximum atomic E-state index is 13.2.